The van der Waals surface area contributed by atoms with Gasteiger partial charge in [-0.15, -0.1) is 0 Å². The zero-order valence-electron chi connectivity index (χ0n) is 16.6. The summed E-state index contributed by atoms with van der Waals surface area (Å²) in [7, 11) is 1.38. The molecule has 1 amide bonds. The monoisotopic (exact) mass is 396 g/mol. The Morgan fingerprint density at radius 2 is 1.90 bits per heavy atom. The zero-order valence-corrected chi connectivity index (χ0v) is 16.6. The van der Waals surface area contributed by atoms with Crippen LogP contribution in [0.1, 0.15) is 42.9 Å². The minimum absolute atomic E-state index is 0.0892. The van der Waals surface area contributed by atoms with Gasteiger partial charge in [0.05, 0.1) is 24.2 Å². The Bertz CT molecular complexity index is 1170. The van der Waals surface area contributed by atoms with Crippen LogP contribution in [-0.4, -0.2) is 28.5 Å². The van der Waals surface area contributed by atoms with E-state index in [-0.39, 0.29) is 23.0 Å². The first kappa shape index (κ1) is 20.2. The van der Waals surface area contributed by atoms with Crippen LogP contribution in [0.25, 0.3) is 10.8 Å². The van der Waals surface area contributed by atoms with Crippen LogP contribution in [0.2, 0.25) is 0 Å². The molecule has 0 saturated heterocycles. The number of carbonyl (C=O) groups excluding carboxylic acids is 1. The maximum Gasteiger partial charge on any atom is 0.292 e. The van der Waals surface area contributed by atoms with Gasteiger partial charge in [0.1, 0.15) is 0 Å². The third kappa shape index (κ3) is 4.01. The summed E-state index contributed by atoms with van der Waals surface area (Å²) in [5.74, 6) is -0.969. The molecule has 3 aromatic rings. The minimum Gasteiger partial charge on any atom is -0.494 e. The van der Waals surface area contributed by atoms with Crippen molar-refractivity contribution in [1.82, 2.24) is 15.2 Å². The molecule has 8 heteroatoms. The van der Waals surface area contributed by atoms with E-state index in [0.29, 0.717) is 22.0 Å². The number of rotatable bonds is 5. The van der Waals surface area contributed by atoms with Gasteiger partial charge >= 0.3 is 0 Å². The van der Waals surface area contributed by atoms with E-state index in [1.165, 1.54) is 23.9 Å². The third-order valence-electron chi connectivity index (χ3n) is 4.43. The number of carbonyl (C=O) groups is 1. The highest BCUT2D eigenvalue weighted by Gasteiger charge is 2.17. The van der Waals surface area contributed by atoms with E-state index in [4.69, 9.17) is 4.74 Å². The molecule has 0 aliphatic carbocycles. The number of amides is 1. The van der Waals surface area contributed by atoms with Gasteiger partial charge in [-0.3, -0.25) is 9.59 Å². The first-order valence-electron chi connectivity index (χ1n) is 9.03. The molecule has 3 rings (SSSR count). The van der Waals surface area contributed by atoms with E-state index >= 15 is 0 Å². The lowest BCUT2D eigenvalue weighted by Crippen LogP contribution is -2.30. The molecule has 1 N–H and O–H groups in total. The summed E-state index contributed by atoms with van der Waals surface area (Å²) >= 11 is 0. The van der Waals surface area contributed by atoms with Gasteiger partial charge in [-0.05, 0) is 45.0 Å². The summed E-state index contributed by atoms with van der Waals surface area (Å²) in [6, 6.07) is 11.0. The number of hydrogen-bond acceptors (Lipinski definition) is 5. The number of fused-ring (bicyclic) bond motifs is 1. The van der Waals surface area contributed by atoms with Crippen LogP contribution in [0.4, 0.5) is 4.39 Å². The Balaban J connectivity index is 1.96. The fourth-order valence-corrected chi connectivity index (χ4v) is 2.87. The number of hydrazone groups is 1. The van der Waals surface area contributed by atoms with Crippen molar-refractivity contribution in [2.45, 2.75) is 26.8 Å². The van der Waals surface area contributed by atoms with Crippen LogP contribution in [0, 0.1) is 5.82 Å². The van der Waals surface area contributed by atoms with E-state index < -0.39 is 11.7 Å². The Morgan fingerprint density at radius 1 is 1.21 bits per heavy atom. The molecule has 0 atom stereocenters. The van der Waals surface area contributed by atoms with E-state index in [9.17, 15) is 14.0 Å². The smallest absolute Gasteiger partial charge is 0.292 e. The predicted octanol–water partition coefficient (Wildman–Crippen LogP) is 3.28. The quantitative estimate of drug-likeness (QED) is 0.530. The molecule has 29 heavy (non-hydrogen) atoms. The Labute approximate surface area is 166 Å². The fourth-order valence-electron chi connectivity index (χ4n) is 2.87. The van der Waals surface area contributed by atoms with Gasteiger partial charge in [-0.25, -0.2) is 14.5 Å². The largest absolute Gasteiger partial charge is 0.494 e. The lowest BCUT2D eigenvalue weighted by molar-refractivity contribution is 0.0949. The van der Waals surface area contributed by atoms with Crippen LogP contribution < -0.4 is 15.7 Å². The van der Waals surface area contributed by atoms with Gasteiger partial charge in [0.25, 0.3) is 11.5 Å². The second-order valence-corrected chi connectivity index (χ2v) is 6.73. The van der Waals surface area contributed by atoms with Crippen LogP contribution in [0.15, 0.2) is 52.4 Å². The maximum absolute atomic E-state index is 13.9. The lowest BCUT2D eigenvalue weighted by atomic mass is 10.1. The van der Waals surface area contributed by atoms with Crippen LogP contribution >= 0.6 is 0 Å². The SMILES string of the molecule is COc1ccc(/C(C)=N\NC(=O)c2nn(C(C)C)c(=O)c3ccccc23)cc1F. The molecule has 0 aliphatic rings. The van der Waals surface area contributed by atoms with Gasteiger partial charge in [-0.1, -0.05) is 18.2 Å². The van der Waals surface area contributed by atoms with Gasteiger partial charge < -0.3 is 4.74 Å². The Hall–Kier alpha value is -3.55. The first-order chi connectivity index (χ1) is 13.8. The normalized spacial score (nSPS) is 11.7. The van der Waals surface area contributed by atoms with Crippen molar-refractivity contribution in [2.24, 2.45) is 5.10 Å². The molecular weight excluding hydrogens is 375 g/mol. The highest BCUT2D eigenvalue weighted by Crippen LogP contribution is 2.18. The second kappa shape index (κ2) is 8.22. The van der Waals surface area contributed by atoms with Crippen molar-refractivity contribution in [2.75, 3.05) is 7.11 Å². The summed E-state index contributed by atoms with van der Waals surface area (Å²) in [5, 5.41) is 9.13. The van der Waals surface area contributed by atoms with Crippen molar-refractivity contribution in [3.05, 3.63) is 69.9 Å². The van der Waals surface area contributed by atoms with Crippen molar-refractivity contribution in [3.8, 4) is 5.75 Å². The number of methoxy groups -OCH3 is 1. The Kier molecular flexibility index (Phi) is 5.72. The molecule has 2 aromatic carbocycles. The van der Waals surface area contributed by atoms with Gasteiger partial charge in [0.15, 0.2) is 17.3 Å². The average molecular weight is 396 g/mol. The highest BCUT2D eigenvalue weighted by molar-refractivity contribution is 6.06. The predicted molar refractivity (Wildman–Crippen MR) is 109 cm³/mol. The molecule has 0 fully saturated rings. The number of hydrogen-bond donors (Lipinski definition) is 1. The Morgan fingerprint density at radius 3 is 2.52 bits per heavy atom. The van der Waals surface area contributed by atoms with Gasteiger partial charge in [0.2, 0.25) is 0 Å². The molecular formula is C21H21FN4O3. The number of nitrogens with one attached hydrogen (secondary N) is 1. The molecule has 0 saturated carbocycles. The molecule has 0 spiro atoms. The van der Waals surface area contributed by atoms with Crippen molar-refractivity contribution in [1.29, 1.82) is 0 Å². The lowest BCUT2D eigenvalue weighted by Gasteiger charge is -2.12. The van der Waals surface area contributed by atoms with E-state index in [1.54, 1.807) is 37.3 Å². The fraction of sp³-hybridized carbons (Fsp3) is 0.238. The molecule has 0 bridgehead atoms. The minimum atomic E-state index is -0.566. The molecule has 0 unspecified atom stereocenters. The van der Waals surface area contributed by atoms with Crippen LogP contribution in [0.5, 0.6) is 5.75 Å². The number of benzene rings is 2. The topological polar surface area (TPSA) is 85.6 Å². The third-order valence-corrected chi connectivity index (χ3v) is 4.43. The highest BCUT2D eigenvalue weighted by atomic mass is 19.1. The second-order valence-electron chi connectivity index (χ2n) is 6.73. The number of ether oxygens (including phenoxy) is 1. The number of aromatic nitrogens is 2. The van der Waals surface area contributed by atoms with E-state index in [1.807, 2.05) is 13.8 Å². The van der Waals surface area contributed by atoms with E-state index in [2.05, 4.69) is 15.6 Å². The van der Waals surface area contributed by atoms with Gasteiger partial charge in [0, 0.05) is 10.9 Å². The first-order valence-corrected chi connectivity index (χ1v) is 9.03. The molecule has 0 radical (unpaired) electrons. The van der Waals surface area contributed by atoms with Gasteiger partial charge in [-0.2, -0.15) is 10.2 Å². The summed E-state index contributed by atoms with van der Waals surface area (Å²) in [4.78, 5) is 25.3. The number of halogens is 1. The molecule has 0 aliphatic heterocycles. The molecule has 7 nitrogen and oxygen atoms in total. The van der Waals surface area contributed by atoms with Crippen LogP contribution in [0.3, 0.4) is 0 Å². The standard InChI is InChI=1S/C21H21FN4O3/c1-12(2)26-21(28)16-8-6-5-7-15(16)19(25-26)20(27)24-23-13(3)14-9-10-18(29-4)17(22)11-14/h5-12H,1-4H3,(H,24,27)/b23-13-. The van der Waals surface area contributed by atoms with Crippen molar-refractivity contribution < 1.29 is 13.9 Å². The average Bonchev–Trinajstić information content (AvgIpc) is 2.71. The summed E-state index contributed by atoms with van der Waals surface area (Å²) < 4.78 is 20.1. The molecule has 150 valence electrons. The van der Waals surface area contributed by atoms with Crippen molar-refractivity contribution in [3.63, 3.8) is 0 Å². The van der Waals surface area contributed by atoms with Crippen molar-refractivity contribution >= 4 is 22.4 Å². The molecule has 1 aromatic heterocycles. The zero-order chi connectivity index (χ0) is 21.1. The summed E-state index contributed by atoms with van der Waals surface area (Å²) in [6.45, 7) is 5.26. The summed E-state index contributed by atoms with van der Waals surface area (Å²) in [5.41, 5.74) is 3.16. The van der Waals surface area contributed by atoms with Crippen LogP contribution in [-0.2, 0) is 0 Å². The maximum atomic E-state index is 13.9. The summed E-state index contributed by atoms with van der Waals surface area (Å²) in [6.07, 6.45) is 0. The molecule has 1 heterocycles. The van der Waals surface area contributed by atoms with E-state index in [0.717, 1.165) is 0 Å². The number of nitrogens with zero attached hydrogens (tertiary/aromatic N) is 3.